The molecule has 11 nitrogen and oxygen atoms in total. The van der Waals surface area contributed by atoms with Crippen LogP contribution in [0.1, 0.15) is 41.9 Å². The van der Waals surface area contributed by atoms with Crippen LogP contribution in [0, 0.1) is 24.1 Å². The second kappa shape index (κ2) is 10.9. The van der Waals surface area contributed by atoms with E-state index in [2.05, 4.69) is 31.4 Å². The normalized spacial score (nSPS) is 17.7. The predicted octanol–water partition coefficient (Wildman–Crippen LogP) is 3.02. The number of likely N-dealkylation sites (tertiary alicyclic amines) is 1. The molecule has 0 radical (unpaired) electrons. The molecule has 0 bridgehead atoms. The molecular formula is C28H32FN9O2. The van der Waals surface area contributed by atoms with Gasteiger partial charge in [0, 0.05) is 24.8 Å². The minimum absolute atomic E-state index is 0.233. The van der Waals surface area contributed by atoms with E-state index in [1.165, 1.54) is 18.5 Å². The van der Waals surface area contributed by atoms with Crippen LogP contribution in [0.5, 0.6) is 5.75 Å². The molecule has 6 rings (SSSR count). The van der Waals surface area contributed by atoms with Gasteiger partial charge < -0.3 is 9.47 Å². The van der Waals surface area contributed by atoms with Crippen molar-refractivity contribution >= 4 is 5.52 Å². The Kier molecular flexibility index (Phi) is 7.18. The summed E-state index contributed by atoms with van der Waals surface area (Å²) in [5.74, 6) is 0.113. The molecule has 2 saturated heterocycles. The summed E-state index contributed by atoms with van der Waals surface area (Å²) in [6.45, 7) is 5.99. The van der Waals surface area contributed by atoms with Crippen LogP contribution in [0.3, 0.4) is 0 Å². The molecule has 0 aliphatic carbocycles. The van der Waals surface area contributed by atoms with Gasteiger partial charge in [-0.3, -0.25) is 14.8 Å². The van der Waals surface area contributed by atoms with Crippen LogP contribution < -0.4 is 4.74 Å². The van der Waals surface area contributed by atoms with Crippen LogP contribution in [0.4, 0.5) is 4.39 Å². The molecule has 0 aromatic carbocycles. The number of aromatic nitrogens is 6. The van der Waals surface area contributed by atoms with Crippen molar-refractivity contribution in [2.24, 2.45) is 0 Å². The second-order valence-corrected chi connectivity index (χ2v) is 10.7. The number of hydrogen-bond acceptors (Lipinski definition) is 9. The van der Waals surface area contributed by atoms with Crippen LogP contribution in [-0.2, 0) is 4.74 Å². The minimum Gasteiger partial charge on any atom is -0.489 e. The number of halogens is 1. The van der Waals surface area contributed by atoms with Crippen molar-refractivity contribution in [2.75, 3.05) is 47.0 Å². The van der Waals surface area contributed by atoms with E-state index in [4.69, 9.17) is 9.47 Å². The maximum atomic E-state index is 13.5. The molecule has 4 aromatic heterocycles. The summed E-state index contributed by atoms with van der Waals surface area (Å²) in [6.07, 6.45) is 6.62. The van der Waals surface area contributed by atoms with E-state index in [9.17, 15) is 9.65 Å². The fourth-order valence-electron chi connectivity index (χ4n) is 5.54. The molecule has 1 atom stereocenters. The average molecular weight is 546 g/mol. The van der Waals surface area contributed by atoms with E-state index in [0.717, 1.165) is 56.1 Å². The van der Waals surface area contributed by atoms with Gasteiger partial charge in [-0.25, -0.2) is 13.6 Å². The molecule has 2 aliphatic heterocycles. The van der Waals surface area contributed by atoms with Gasteiger partial charge in [-0.2, -0.15) is 10.4 Å². The Balaban J connectivity index is 1.28. The Morgan fingerprint density at radius 1 is 1.20 bits per heavy atom. The first-order valence-electron chi connectivity index (χ1n) is 13.5. The molecule has 0 amide bonds. The van der Waals surface area contributed by atoms with E-state index in [-0.39, 0.29) is 18.7 Å². The standard InChI is InChI=1S/C28H32FN9O2/c1-18-27(33-34-38(18)22-6-8-36(9-7-22)23-15-39-16-23)19-10-26(28-20(11-30)12-32-37(28)14-19)40-17-25(35(2)3)24-5-4-21(29)13-31-24/h4-5,10,12-14,22-23,25H,6-9,15-17H2,1-3H3/t25-/m0/s1. The predicted molar refractivity (Wildman–Crippen MR) is 144 cm³/mol. The van der Waals surface area contributed by atoms with Gasteiger partial charge in [-0.15, -0.1) is 5.10 Å². The summed E-state index contributed by atoms with van der Waals surface area (Å²) in [4.78, 5) is 8.72. The van der Waals surface area contributed by atoms with Gasteiger partial charge in [0.15, 0.2) is 0 Å². The number of hydrogen-bond donors (Lipinski definition) is 0. The molecule has 2 aliphatic rings. The summed E-state index contributed by atoms with van der Waals surface area (Å²) in [5, 5.41) is 23.2. The smallest absolute Gasteiger partial charge is 0.147 e. The van der Waals surface area contributed by atoms with Gasteiger partial charge in [-0.1, -0.05) is 5.21 Å². The zero-order valence-corrected chi connectivity index (χ0v) is 22.9. The topological polar surface area (TPSA) is 110 Å². The van der Waals surface area contributed by atoms with Gasteiger partial charge in [-0.05, 0) is 52.1 Å². The zero-order valence-electron chi connectivity index (χ0n) is 22.9. The number of pyridine rings is 2. The summed E-state index contributed by atoms with van der Waals surface area (Å²) in [5.41, 5.74) is 4.19. The van der Waals surface area contributed by atoms with Crippen molar-refractivity contribution in [1.29, 1.82) is 5.26 Å². The van der Waals surface area contributed by atoms with Crippen molar-refractivity contribution in [2.45, 2.75) is 37.9 Å². The van der Waals surface area contributed by atoms with Crippen molar-refractivity contribution in [1.82, 2.24) is 39.4 Å². The molecule has 2 fully saturated rings. The number of rotatable bonds is 8. The number of nitrogens with zero attached hydrogens (tertiary/aromatic N) is 9. The number of ether oxygens (including phenoxy) is 2. The first-order valence-corrected chi connectivity index (χ1v) is 13.5. The minimum atomic E-state index is -0.392. The van der Waals surface area contributed by atoms with E-state index in [1.54, 1.807) is 10.6 Å². The van der Waals surface area contributed by atoms with Gasteiger partial charge in [0.25, 0.3) is 0 Å². The Labute approximate surface area is 231 Å². The lowest BCUT2D eigenvalue weighted by molar-refractivity contribution is -0.0735. The highest BCUT2D eigenvalue weighted by atomic mass is 19.1. The molecule has 40 heavy (non-hydrogen) atoms. The third kappa shape index (κ3) is 4.92. The van der Waals surface area contributed by atoms with E-state index < -0.39 is 5.82 Å². The van der Waals surface area contributed by atoms with Crippen LogP contribution in [0.25, 0.3) is 16.8 Å². The molecule has 4 aromatic rings. The highest BCUT2D eigenvalue weighted by Crippen LogP contribution is 2.33. The molecule has 0 saturated carbocycles. The number of nitriles is 1. The fraction of sp³-hybridized carbons (Fsp3) is 0.464. The lowest BCUT2D eigenvalue weighted by Gasteiger charge is -2.41. The lowest BCUT2D eigenvalue weighted by Crippen LogP contribution is -2.52. The second-order valence-electron chi connectivity index (χ2n) is 10.7. The van der Waals surface area contributed by atoms with E-state index in [0.29, 0.717) is 28.6 Å². The molecule has 0 unspecified atom stereocenters. The van der Waals surface area contributed by atoms with Crippen LogP contribution >= 0.6 is 0 Å². The summed E-state index contributed by atoms with van der Waals surface area (Å²) in [7, 11) is 3.83. The highest BCUT2D eigenvalue weighted by Gasteiger charge is 2.31. The SMILES string of the molecule is Cc1c(-c2cc(OC[C@@H](c3ccc(F)cn3)N(C)C)c3c(C#N)cnn3c2)nnn1C1CCN(C2COC2)CC1. The van der Waals surface area contributed by atoms with Crippen LogP contribution in [0.2, 0.25) is 0 Å². The number of piperidine rings is 1. The van der Waals surface area contributed by atoms with Crippen LogP contribution in [0.15, 0.2) is 36.8 Å². The Morgan fingerprint density at radius 3 is 2.65 bits per heavy atom. The summed E-state index contributed by atoms with van der Waals surface area (Å²) < 4.78 is 28.9. The summed E-state index contributed by atoms with van der Waals surface area (Å²) >= 11 is 0. The molecule has 0 N–H and O–H groups in total. The first-order chi connectivity index (χ1) is 19.4. The molecule has 12 heteroatoms. The van der Waals surface area contributed by atoms with Gasteiger partial charge in [0.2, 0.25) is 0 Å². The van der Waals surface area contributed by atoms with Crippen molar-refractivity contribution in [3.63, 3.8) is 0 Å². The van der Waals surface area contributed by atoms with Crippen molar-refractivity contribution in [3.05, 3.63) is 59.6 Å². The maximum Gasteiger partial charge on any atom is 0.147 e. The average Bonchev–Trinajstić information content (AvgIpc) is 3.52. The highest BCUT2D eigenvalue weighted by molar-refractivity contribution is 5.74. The molecule has 0 spiro atoms. The van der Waals surface area contributed by atoms with Gasteiger partial charge in [0.05, 0.1) is 55.1 Å². The number of fused-ring (bicyclic) bond motifs is 1. The third-order valence-corrected chi connectivity index (χ3v) is 7.99. The lowest BCUT2D eigenvalue weighted by atomic mass is 10.0. The largest absolute Gasteiger partial charge is 0.489 e. The van der Waals surface area contributed by atoms with Crippen LogP contribution in [-0.4, -0.2) is 92.4 Å². The molecule has 6 heterocycles. The monoisotopic (exact) mass is 545 g/mol. The van der Waals surface area contributed by atoms with Gasteiger partial charge in [0.1, 0.15) is 41.0 Å². The zero-order chi connectivity index (χ0) is 27.8. The van der Waals surface area contributed by atoms with E-state index in [1.807, 2.05) is 42.9 Å². The van der Waals surface area contributed by atoms with Crippen molar-refractivity contribution in [3.8, 4) is 23.1 Å². The van der Waals surface area contributed by atoms with Gasteiger partial charge >= 0.3 is 0 Å². The Bertz CT molecular complexity index is 1530. The molecular weight excluding hydrogens is 513 g/mol. The quantitative estimate of drug-likeness (QED) is 0.330. The first kappa shape index (κ1) is 26.3. The third-order valence-electron chi connectivity index (χ3n) is 7.99. The summed E-state index contributed by atoms with van der Waals surface area (Å²) in [6, 6.07) is 7.74. The fourth-order valence-corrected chi connectivity index (χ4v) is 5.54. The maximum absolute atomic E-state index is 13.5. The molecule has 208 valence electrons. The Hall–Kier alpha value is -3.92. The van der Waals surface area contributed by atoms with Crippen molar-refractivity contribution < 1.29 is 13.9 Å². The van der Waals surface area contributed by atoms with E-state index >= 15 is 0 Å². The number of likely N-dealkylation sites (N-methyl/N-ethyl adjacent to an activating group) is 1. The Morgan fingerprint density at radius 2 is 2.00 bits per heavy atom.